The first-order chi connectivity index (χ1) is 8.09. The number of aromatic nitrogens is 1. The van der Waals surface area contributed by atoms with E-state index in [-0.39, 0.29) is 5.56 Å². The Balaban J connectivity index is 0.000000181. The average molecular weight is 236 g/mol. The van der Waals surface area contributed by atoms with Gasteiger partial charge in [-0.25, -0.2) is 0 Å². The van der Waals surface area contributed by atoms with Gasteiger partial charge in [-0.1, -0.05) is 26.3 Å². The second kappa shape index (κ2) is 7.28. The maximum atomic E-state index is 10.7. The molecule has 0 radical (unpaired) electrons. The highest BCUT2D eigenvalue weighted by Crippen LogP contribution is 2.07. The van der Waals surface area contributed by atoms with Crippen LogP contribution in [0.4, 0.5) is 0 Å². The summed E-state index contributed by atoms with van der Waals surface area (Å²) in [5.41, 5.74) is 0.971. The quantitative estimate of drug-likeness (QED) is 0.787. The van der Waals surface area contributed by atoms with Gasteiger partial charge < -0.3 is 10.3 Å². The lowest BCUT2D eigenvalue weighted by Crippen LogP contribution is -2.30. The predicted octanol–water partition coefficient (Wildman–Crippen LogP) is 2.65. The summed E-state index contributed by atoms with van der Waals surface area (Å²) in [4.78, 5) is 13.5. The minimum absolute atomic E-state index is 0.0220. The Labute approximate surface area is 104 Å². The van der Waals surface area contributed by atoms with E-state index in [1.165, 1.54) is 31.9 Å². The normalized spacial score (nSPS) is 19.6. The summed E-state index contributed by atoms with van der Waals surface area (Å²) in [6.07, 6.45) is 4.18. The van der Waals surface area contributed by atoms with Crippen LogP contribution in [0.25, 0.3) is 0 Å². The third kappa shape index (κ3) is 5.68. The monoisotopic (exact) mass is 236 g/mol. The molecular weight excluding hydrogens is 212 g/mol. The third-order valence-corrected chi connectivity index (χ3v) is 2.97. The first-order valence-electron chi connectivity index (χ1n) is 6.52. The zero-order valence-electron chi connectivity index (χ0n) is 11.1. The van der Waals surface area contributed by atoms with Crippen molar-refractivity contribution in [2.45, 2.75) is 52.0 Å². The molecule has 2 rings (SSSR count). The molecule has 2 heterocycles. The van der Waals surface area contributed by atoms with Crippen molar-refractivity contribution in [1.29, 1.82) is 0 Å². The van der Waals surface area contributed by atoms with Crippen molar-refractivity contribution in [1.82, 2.24) is 10.3 Å². The lowest BCUT2D eigenvalue weighted by atomic mass is 10.1. The van der Waals surface area contributed by atoms with Gasteiger partial charge >= 0.3 is 0 Å². The van der Waals surface area contributed by atoms with Gasteiger partial charge in [-0.2, -0.15) is 0 Å². The lowest BCUT2D eigenvalue weighted by molar-refractivity contribution is 0.425. The first kappa shape index (κ1) is 14.0. The van der Waals surface area contributed by atoms with Crippen molar-refractivity contribution in [2.24, 2.45) is 0 Å². The minimum atomic E-state index is -0.0220. The smallest absolute Gasteiger partial charge is 0.248 e. The molecule has 0 aliphatic carbocycles. The Kier molecular flexibility index (Phi) is 5.98. The topological polar surface area (TPSA) is 44.9 Å². The van der Waals surface area contributed by atoms with Gasteiger partial charge in [-0.15, -0.1) is 0 Å². The van der Waals surface area contributed by atoms with Crippen LogP contribution in [-0.4, -0.2) is 17.6 Å². The molecule has 1 fully saturated rings. The fourth-order valence-electron chi connectivity index (χ4n) is 1.83. The number of H-pyrrole nitrogens is 1. The number of piperidine rings is 1. The lowest BCUT2D eigenvalue weighted by Gasteiger charge is -2.18. The molecule has 0 aromatic carbocycles. The van der Waals surface area contributed by atoms with E-state index in [0.29, 0.717) is 5.92 Å². The molecule has 1 aliphatic heterocycles. The van der Waals surface area contributed by atoms with Crippen LogP contribution in [0.3, 0.4) is 0 Å². The van der Waals surface area contributed by atoms with Crippen molar-refractivity contribution in [3.05, 3.63) is 34.2 Å². The molecular formula is C14H24N2O. The molecule has 1 aliphatic rings. The Morgan fingerprint density at radius 2 is 2.06 bits per heavy atom. The van der Waals surface area contributed by atoms with Crippen LogP contribution >= 0.6 is 0 Å². The summed E-state index contributed by atoms with van der Waals surface area (Å²) in [6, 6.07) is 6.00. The Morgan fingerprint density at radius 1 is 1.29 bits per heavy atom. The molecule has 1 aromatic heterocycles. The van der Waals surface area contributed by atoms with Crippen LogP contribution in [-0.2, 0) is 0 Å². The van der Waals surface area contributed by atoms with E-state index in [1.54, 1.807) is 6.07 Å². The van der Waals surface area contributed by atoms with E-state index >= 15 is 0 Å². The molecule has 0 spiro atoms. The summed E-state index contributed by atoms with van der Waals surface area (Å²) in [7, 11) is 0. The van der Waals surface area contributed by atoms with E-state index in [2.05, 4.69) is 17.2 Å². The van der Waals surface area contributed by atoms with Crippen LogP contribution in [0.15, 0.2) is 23.0 Å². The Hall–Kier alpha value is -1.09. The van der Waals surface area contributed by atoms with Crippen LogP contribution in [0, 0.1) is 0 Å². The van der Waals surface area contributed by atoms with Crippen molar-refractivity contribution >= 4 is 0 Å². The van der Waals surface area contributed by atoms with Crippen molar-refractivity contribution in [3.8, 4) is 0 Å². The molecule has 0 bridgehead atoms. The van der Waals surface area contributed by atoms with Crippen LogP contribution in [0.1, 0.15) is 51.6 Å². The first-order valence-corrected chi connectivity index (χ1v) is 6.52. The number of hydrogen-bond acceptors (Lipinski definition) is 2. The largest absolute Gasteiger partial charge is 0.326 e. The maximum absolute atomic E-state index is 10.7. The zero-order chi connectivity index (χ0) is 12.7. The summed E-state index contributed by atoms with van der Waals surface area (Å²) in [5.74, 6) is 0.397. The molecule has 3 nitrogen and oxygen atoms in total. The van der Waals surface area contributed by atoms with Crippen molar-refractivity contribution < 1.29 is 0 Å². The molecule has 0 saturated carbocycles. The van der Waals surface area contributed by atoms with Crippen LogP contribution in [0.5, 0.6) is 0 Å². The molecule has 3 heteroatoms. The van der Waals surface area contributed by atoms with Crippen molar-refractivity contribution in [2.75, 3.05) is 6.54 Å². The van der Waals surface area contributed by atoms with Gasteiger partial charge in [-0.05, 0) is 38.3 Å². The van der Waals surface area contributed by atoms with Gasteiger partial charge in [0.05, 0.1) is 0 Å². The Bertz CT molecular complexity index is 364. The molecule has 2 N–H and O–H groups in total. The number of nitrogens with one attached hydrogen (secondary N) is 2. The average Bonchev–Trinajstić information content (AvgIpc) is 2.31. The van der Waals surface area contributed by atoms with E-state index in [0.717, 1.165) is 11.7 Å². The van der Waals surface area contributed by atoms with E-state index < -0.39 is 0 Å². The number of rotatable bonds is 1. The molecule has 17 heavy (non-hydrogen) atoms. The van der Waals surface area contributed by atoms with Gasteiger partial charge in [0.1, 0.15) is 0 Å². The maximum Gasteiger partial charge on any atom is 0.248 e. The molecule has 1 aromatic rings. The summed E-state index contributed by atoms with van der Waals surface area (Å²) < 4.78 is 0. The summed E-state index contributed by atoms with van der Waals surface area (Å²) >= 11 is 0. The van der Waals surface area contributed by atoms with Gasteiger partial charge in [0, 0.05) is 17.8 Å². The highest BCUT2D eigenvalue weighted by molar-refractivity contribution is 5.07. The Morgan fingerprint density at radius 3 is 2.41 bits per heavy atom. The van der Waals surface area contributed by atoms with E-state index in [4.69, 9.17) is 0 Å². The van der Waals surface area contributed by atoms with Gasteiger partial charge in [0.2, 0.25) is 5.56 Å². The summed E-state index contributed by atoms with van der Waals surface area (Å²) in [5, 5.41) is 3.38. The van der Waals surface area contributed by atoms with Crippen molar-refractivity contribution in [3.63, 3.8) is 0 Å². The van der Waals surface area contributed by atoms with E-state index in [9.17, 15) is 4.79 Å². The number of hydrogen-bond donors (Lipinski definition) is 2. The number of pyridine rings is 1. The predicted molar refractivity (Wildman–Crippen MR) is 72.5 cm³/mol. The molecule has 0 amide bonds. The standard InChI is InChI=1S/C8H11NO.C6H13N/c1-6(2)7-4-3-5-8(10)9-7;1-6-4-2-3-5-7-6/h3-6H,1-2H3,(H,9,10);6-7H,2-5H2,1H3/t;6-/m.1/s1. The molecule has 1 atom stereocenters. The van der Waals surface area contributed by atoms with Gasteiger partial charge in [0.15, 0.2) is 0 Å². The molecule has 96 valence electrons. The molecule has 0 unspecified atom stereocenters. The van der Waals surface area contributed by atoms with Gasteiger partial charge in [0.25, 0.3) is 0 Å². The SMILES string of the molecule is CC(C)c1cccc(=O)[nH]1.C[C@@H]1CCCCN1. The van der Waals surface area contributed by atoms with Crippen LogP contribution in [0.2, 0.25) is 0 Å². The van der Waals surface area contributed by atoms with Crippen LogP contribution < -0.4 is 10.9 Å². The summed E-state index contributed by atoms with van der Waals surface area (Å²) in [6.45, 7) is 7.58. The van der Waals surface area contributed by atoms with Gasteiger partial charge in [-0.3, -0.25) is 4.79 Å². The fourth-order valence-corrected chi connectivity index (χ4v) is 1.83. The van der Waals surface area contributed by atoms with E-state index in [1.807, 2.05) is 19.9 Å². The second-order valence-corrected chi connectivity index (χ2v) is 4.98. The highest BCUT2D eigenvalue weighted by Gasteiger charge is 2.04. The highest BCUT2D eigenvalue weighted by atomic mass is 16.1. The molecule has 1 saturated heterocycles. The minimum Gasteiger partial charge on any atom is -0.326 e. The second-order valence-electron chi connectivity index (χ2n) is 4.98. The third-order valence-electron chi connectivity index (χ3n) is 2.97. The zero-order valence-corrected chi connectivity index (χ0v) is 11.1. The number of aromatic amines is 1. The fraction of sp³-hybridized carbons (Fsp3) is 0.643.